The van der Waals surface area contributed by atoms with E-state index in [2.05, 4.69) is 4.99 Å². The van der Waals surface area contributed by atoms with E-state index in [1.165, 1.54) is 18.4 Å². The SMILES string of the molecule is COC(=O)c1sc2cccc(N(C)C)c2c1N=CN(C)C. The molecule has 0 aliphatic heterocycles. The number of carbonyl (C=O) groups excluding carboxylic acids is 1. The minimum absolute atomic E-state index is 0.355. The Hall–Kier alpha value is -2.08. The Morgan fingerprint density at radius 1 is 1.29 bits per heavy atom. The van der Waals surface area contributed by atoms with Crippen molar-refractivity contribution in [3.63, 3.8) is 0 Å². The topological polar surface area (TPSA) is 45.1 Å². The summed E-state index contributed by atoms with van der Waals surface area (Å²) in [6.07, 6.45) is 1.69. The van der Waals surface area contributed by atoms with E-state index in [1.54, 1.807) is 6.34 Å². The molecule has 0 N–H and O–H groups in total. The molecule has 0 aliphatic rings. The number of fused-ring (bicyclic) bond motifs is 1. The minimum atomic E-state index is -0.355. The quantitative estimate of drug-likeness (QED) is 0.495. The summed E-state index contributed by atoms with van der Waals surface area (Å²) in [4.78, 5) is 20.9. The van der Waals surface area contributed by atoms with Gasteiger partial charge in [0.15, 0.2) is 0 Å². The maximum Gasteiger partial charge on any atom is 0.350 e. The number of nitrogens with zero attached hydrogens (tertiary/aromatic N) is 3. The molecule has 5 nitrogen and oxygen atoms in total. The molecule has 0 aliphatic carbocycles. The molecule has 6 heteroatoms. The Bertz CT molecular complexity index is 690. The van der Waals surface area contributed by atoms with Crippen molar-refractivity contribution in [2.45, 2.75) is 0 Å². The van der Waals surface area contributed by atoms with Crippen LogP contribution in [0.3, 0.4) is 0 Å². The Balaban J connectivity index is 2.76. The van der Waals surface area contributed by atoms with E-state index in [-0.39, 0.29) is 5.97 Å². The first kappa shape index (κ1) is 15.3. The van der Waals surface area contributed by atoms with Gasteiger partial charge in [-0.05, 0) is 12.1 Å². The van der Waals surface area contributed by atoms with Gasteiger partial charge in [-0.25, -0.2) is 9.79 Å². The van der Waals surface area contributed by atoms with Gasteiger partial charge in [-0.15, -0.1) is 11.3 Å². The molecule has 2 aromatic rings. The Morgan fingerprint density at radius 3 is 2.57 bits per heavy atom. The number of carbonyl (C=O) groups is 1. The second kappa shape index (κ2) is 6.13. The van der Waals surface area contributed by atoms with E-state index >= 15 is 0 Å². The number of hydrogen-bond acceptors (Lipinski definition) is 5. The number of hydrogen-bond donors (Lipinski definition) is 0. The van der Waals surface area contributed by atoms with E-state index in [0.29, 0.717) is 10.6 Å². The van der Waals surface area contributed by atoms with Crippen LogP contribution in [0, 0.1) is 0 Å². The predicted octanol–water partition coefficient (Wildman–Crippen LogP) is 2.98. The lowest BCUT2D eigenvalue weighted by atomic mass is 10.1. The summed E-state index contributed by atoms with van der Waals surface area (Å²) in [5, 5.41) is 0.978. The van der Waals surface area contributed by atoms with Crippen molar-refractivity contribution in [3.8, 4) is 0 Å². The fourth-order valence-corrected chi connectivity index (χ4v) is 3.10. The number of esters is 1. The summed E-state index contributed by atoms with van der Waals surface area (Å²) in [5.41, 5.74) is 1.70. The second-order valence-electron chi connectivity index (χ2n) is 5.02. The van der Waals surface area contributed by atoms with Crippen LogP contribution in [0.4, 0.5) is 11.4 Å². The molecule has 0 bridgehead atoms. The zero-order valence-corrected chi connectivity index (χ0v) is 13.7. The molecule has 1 aromatic carbocycles. The Labute approximate surface area is 128 Å². The molecule has 112 valence electrons. The summed E-state index contributed by atoms with van der Waals surface area (Å²) >= 11 is 1.41. The number of thiophene rings is 1. The molecular weight excluding hydrogens is 286 g/mol. The van der Waals surface area contributed by atoms with Crippen molar-refractivity contribution in [2.75, 3.05) is 40.2 Å². The van der Waals surface area contributed by atoms with Crippen LogP contribution in [-0.4, -0.2) is 52.5 Å². The summed E-state index contributed by atoms with van der Waals surface area (Å²) in [5.74, 6) is -0.355. The Kier molecular flexibility index (Phi) is 4.47. The molecule has 0 fully saturated rings. The standard InChI is InChI=1S/C15H19N3O2S/c1-17(2)9-16-13-12-10(18(3)4)7-6-8-11(12)21-14(13)15(19)20-5/h6-9H,1-5H3. The maximum absolute atomic E-state index is 12.0. The molecule has 0 saturated heterocycles. The average molecular weight is 305 g/mol. The Morgan fingerprint density at radius 2 is 2.00 bits per heavy atom. The molecule has 0 radical (unpaired) electrons. The molecular formula is C15H19N3O2S. The highest BCUT2D eigenvalue weighted by atomic mass is 32.1. The van der Waals surface area contributed by atoms with Crippen LogP contribution in [-0.2, 0) is 4.74 Å². The number of anilines is 1. The zero-order chi connectivity index (χ0) is 15.6. The second-order valence-corrected chi connectivity index (χ2v) is 6.08. The molecule has 0 atom stereocenters. The first-order valence-corrected chi connectivity index (χ1v) is 7.29. The first-order valence-electron chi connectivity index (χ1n) is 6.47. The van der Waals surface area contributed by atoms with Gasteiger partial charge in [-0.2, -0.15) is 0 Å². The molecule has 0 spiro atoms. The predicted molar refractivity (Wildman–Crippen MR) is 89.3 cm³/mol. The molecule has 2 rings (SSSR count). The lowest BCUT2D eigenvalue weighted by Gasteiger charge is -2.14. The number of rotatable bonds is 4. The van der Waals surface area contributed by atoms with Crippen LogP contribution in [0.25, 0.3) is 10.1 Å². The van der Waals surface area contributed by atoms with Gasteiger partial charge in [0.25, 0.3) is 0 Å². The van der Waals surface area contributed by atoms with Gasteiger partial charge in [0, 0.05) is 44.0 Å². The van der Waals surface area contributed by atoms with Crippen LogP contribution >= 0.6 is 11.3 Å². The van der Waals surface area contributed by atoms with Crippen molar-refractivity contribution in [1.29, 1.82) is 0 Å². The number of benzene rings is 1. The van der Waals surface area contributed by atoms with Gasteiger partial charge < -0.3 is 14.5 Å². The molecule has 1 aromatic heterocycles. The van der Waals surface area contributed by atoms with Crippen LogP contribution in [0.5, 0.6) is 0 Å². The maximum atomic E-state index is 12.0. The summed E-state index contributed by atoms with van der Waals surface area (Å²) in [6, 6.07) is 5.99. The lowest BCUT2D eigenvalue weighted by Crippen LogP contribution is -2.09. The monoisotopic (exact) mass is 305 g/mol. The zero-order valence-electron chi connectivity index (χ0n) is 12.9. The molecule has 0 saturated carbocycles. The van der Waals surface area contributed by atoms with Crippen LogP contribution in [0.2, 0.25) is 0 Å². The van der Waals surface area contributed by atoms with Gasteiger partial charge in [0.1, 0.15) is 10.6 Å². The third-order valence-corrected chi connectivity index (χ3v) is 4.06. The van der Waals surface area contributed by atoms with Crippen molar-refractivity contribution in [1.82, 2.24) is 4.90 Å². The van der Waals surface area contributed by atoms with Gasteiger partial charge in [-0.1, -0.05) is 6.07 Å². The van der Waals surface area contributed by atoms with Crippen molar-refractivity contribution in [3.05, 3.63) is 23.1 Å². The van der Waals surface area contributed by atoms with Crippen LogP contribution in [0.1, 0.15) is 9.67 Å². The van der Waals surface area contributed by atoms with Crippen molar-refractivity contribution in [2.24, 2.45) is 4.99 Å². The average Bonchev–Trinajstić information content (AvgIpc) is 2.82. The van der Waals surface area contributed by atoms with E-state index in [1.807, 2.05) is 56.2 Å². The third-order valence-electron chi connectivity index (χ3n) is 2.94. The van der Waals surface area contributed by atoms with Gasteiger partial charge >= 0.3 is 5.97 Å². The summed E-state index contributed by atoms with van der Waals surface area (Å²) in [7, 11) is 9.12. The smallest absolute Gasteiger partial charge is 0.350 e. The summed E-state index contributed by atoms with van der Waals surface area (Å²) in [6.45, 7) is 0. The molecule has 1 heterocycles. The van der Waals surface area contributed by atoms with E-state index < -0.39 is 0 Å². The molecule has 21 heavy (non-hydrogen) atoms. The third kappa shape index (κ3) is 3.00. The highest BCUT2D eigenvalue weighted by Crippen LogP contribution is 2.43. The van der Waals surface area contributed by atoms with Crippen molar-refractivity contribution >= 4 is 45.1 Å². The van der Waals surface area contributed by atoms with Gasteiger partial charge in [0.05, 0.1) is 13.4 Å². The fourth-order valence-electron chi connectivity index (χ4n) is 2.01. The van der Waals surface area contributed by atoms with Gasteiger partial charge in [0.2, 0.25) is 0 Å². The highest BCUT2D eigenvalue weighted by molar-refractivity contribution is 7.21. The minimum Gasteiger partial charge on any atom is -0.465 e. The number of ether oxygens (including phenoxy) is 1. The van der Waals surface area contributed by atoms with Crippen molar-refractivity contribution < 1.29 is 9.53 Å². The first-order chi connectivity index (χ1) is 9.95. The normalized spacial score (nSPS) is 11.1. The fraction of sp³-hybridized carbons (Fsp3) is 0.333. The largest absolute Gasteiger partial charge is 0.465 e. The van der Waals surface area contributed by atoms with E-state index in [9.17, 15) is 4.79 Å². The molecule has 0 unspecified atom stereocenters. The van der Waals surface area contributed by atoms with Crippen LogP contribution < -0.4 is 4.90 Å². The summed E-state index contributed by atoms with van der Waals surface area (Å²) < 4.78 is 5.90. The number of methoxy groups -OCH3 is 1. The highest BCUT2D eigenvalue weighted by Gasteiger charge is 2.21. The van der Waals surface area contributed by atoms with E-state index in [0.717, 1.165) is 15.8 Å². The number of aliphatic imine (C=N–C) groups is 1. The molecule has 0 amide bonds. The van der Waals surface area contributed by atoms with Gasteiger partial charge in [-0.3, -0.25) is 0 Å². The lowest BCUT2D eigenvalue weighted by molar-refractivity contribution is 0.0607. The van der Waals surface area contributed by atoms with E-state index in [4.69, 9.17) is 4.74 Å². The van der Waals surface area contributed by atoms with Crippen LogP contribution in [0.15, 0.2) is 23.2 Å².